The molecule has 0 spiro atoms. The molecule has 0 aliphatic rings. The number of anilines is 1. The number of rotatable bonds is 5. The zero-order valence-electron chi connectivity index (χ0n) is 8.77. The summed E-state index contributed by atoms with van der Waals surface area (Å²) in [5, 5.41) is 4.08. The minimum Gasteiger partial charge on any atom is -0.370 e. The molecule has 0 unspecified atom stereocenters. The molecule has 5 heteroatoms. The van der Waals surface area contributed by atoms with Crippen LogP contribution in [0, 0.1) is 0 Å². The van der Waals surface area contributed by atoms with E-state index in [2.05, 4.69) is 10.3 Å². The quantitative estimate of drug-likeness (QED) is 0.778. The van der Waals surface area contributed by atoms with Gasteiger partial charge in [-0.1, -0.05) is 23.5 Å². The van der Waals surface area contributed by atoms with Crippen molar-refractivity contribution in [2.24, 2.45) is 5.73 Å². The SMILES string of the molecule is NC(=O)CCCNc1nc2ccccc2s1. The summed E-state index contributed by atoms with van der Waals surface area (Å²) in [5.41, 5.74) is 6.06. The maximum absolute atomic E-state index is 10.5. The number of thiazole rings is 1. The lowest BCUT2D eigenvalue weighted by molar-refractivity contribution is -0.118. The summed E-state index contributed by atoms with van der Waals surface area (Å²) in [6.07, 6.45) is 1.16. The summed E-state index contributed by atoms with van der Waals surface area (Å²) in [4.78, 5) is 15.0. The van der Waals surface area contributed by atoms with Crippen LogP contribution in [0.3, 0.4) is 0 Å². The van der Waals surface area contributed by atoms with E-state index < -0.39 is 0 Å². The van der Waals surface area contributed by atoms with E-state index in [-0.39, 0.29) is 5.91 Å². The summed E-state index contributed by atoms with van der Waals surface area (Å²) < 4.78 is 1.17. The van der Waals surface area contributed by atoms with Gasteiger partial charge in [0.05, 0.1) is 10.2 Å². The van der Waals surface area contributed by atoms with Gasteiger partial charge < -0.3 is 11.1 Å². The Kier molecular flexibility index (Phi) is 3.36. The molecule has 2 aromatic rings. The van der Waals surface area contributed by atoms with Crippen LogP contribution in [0.2, 0.25) is 0 Å². The average Bonchev–Trinajstić information content (AvgIpc) is 2.66. The smallest absolute Gasteiger partial charge is 0.217 e. The third-order valence-corrected chi connectivity index (χ3v) is 3.16. The second-order valence-electron chi connectivity index (χ2n) is 3.48. The Morgan fingerprint density at radius 2 is 2.25 bits per heavy atom. The van der Waals surface area contributed by atoms with Gasteiger partial charge in [0.15, 0.2) is 5.13 Å². The molecule has 3 N–H and O–H groups in total. The Morgan fingerprint density at radius 3 is 3.00 bits per heavy atom. The summed E-state index contributed by atoms with van der Waals surface area (Å²) in [6, 6.07) is 8.00. The molecule has 0 fully saturated rings. The van der Waals surface area contributed by atoms with E-state index in [1.807, 2.05) is 24.3 Å². The molecule has 2 rings (SSSR count). The highest BCUT2D eigenvalue weighted by molar-refractivity contribution is 7.22. The summed E-state index contributed by atoms with van der Waals surface area (Å²) in [7, 11) is 0. The predicted octanol–water partition coefficient (Wildman–Crippen LogP) is 1.97. The minimum atomic E-state index is -0.258. The standard InChI is InChI=1S/C11H13N3OS/c12-10(15)6-3-7-13-11-14-8-4-1-2-5-9(8)16-11/h1-2,4-5H,3,6-7H2,(H2,12,15)(H,13,14). The van der Waals surface area contributed by atoms with Crippen molar-refractivity contribution in [1.29, 1.82) is 0 Å². The molecule has 0 radical (unpaired) electrons. The first-order chi connectivity index (χ1) is 7.75. The van der Waals surface area contributed by atoms with Gasteiger partial charge in [-0.25, -0.2) is 4.98 Å². The van der Waals surface area contributed by atoms with E-state index in [1.165, 1.54) is 4.70 Å². The molecule has 0 saturated heterocycles. The number of fused-ring (bicyclic) bond motifs is 1. The molecule has 0 bridgehead atoms. The fourth-order valence-electron chi connectivity index (χ4n) is 1.41. The van der Waals surface area contributed by atoms with Crippen molar-refractivity contribution in [2.75, 3.05) is 11.9 Å². The highest BCUT2D eigenvalue weighted by atomic mass is 32.1. The van der Waals surface area contributed by atoms with Crippen LogP contribution >= 0.6 is 11.3 Å². The van der Waals surface area contributed by atoms with Crippen molar-refractivity contribution in [3.8, 4) is 0 Å². The molecule has 0 aliphatic heterocycles. The van der Waals surface area contributed by atoms with Crippen LogP contribution in [0.4, 0.5) is 5.13 Å². The summed E-state index contributed by atoms with van der Waals surface area (Å²) in [6.45, 7) is 0.725. The second-order valence-corrected chi connectivity index (χ2v) is 4.51. The Bertz CT molecular complexity index is 462. The largest absolute Gasteiger partial charge is 0.370 e. The average molecular weight is 235 g/mol. The van der Waals surface area contributed by atoms with Gasteiger partial charge in [-0.05, 0) is 18.6 Å². The predicted molar refractivity (Wildman–Crippen MR) is 66.5 cm³/mol. The number of hydrogen-bond acceptors (Lipinski definition) is 4. The number of nitrogens with one attached hydrogen (secondary N) is 1. The van der Waals surface area contributed by atoms with Crippen molar-refractivity contribution >= 4 is 32.6 Å². The number of primary amides is 1. The maximum Gasteiger partial charge on any atom is 0.217 e. The highest BCUT2D eigenvalue weighted by Crippen LogP contribution is 2.25. The van der Waals surface area contributed by atoms with Gasteiger partial charge >= 0.3 is 0 Å². The van der Waals surface area contributed by atoms with E-state index in [0.717, 1.165) is 23.6 Å². The minimum absolute atomic E-state index is 0.258. The van der Waals surface area contributed by atoms with Gasteiger partial charge in [0.1, 0.15) is 0 Å². The number of nitrogens with two attached hydrogens (primary N) is 1. The van der Waals surface area contributed by atoms with Gasteiger partial charge in [-0.3, -0.25) is 4.79 Å². The van der Waals surface area contributed by atoms with Crippen molar-refractivity contribution < 1.29 is 4.79 Å². The maximum atomic E-state index is 10.5. The van der Waals surface area contributed by atoms with Crippen LogP contribution in [0.15, 0.2) is 24.3 Å². The molecule has 1 amide bonds. The molecule has 1 aromatic carbocycles. The van der Waals surface area contributed by atoms with Crippen LogP contribution in [-0.2, 0) is 4.79 Å². The lowest BCUT2D eigenvalue weighted by Gasteiger charge is -1.99. The van der Waals surface area contributed by atoms with Gasteiger partial charge in [0.2, 0.25) is 5.91 Å². The first-order valence-corrected chi connectivity index (χ1v) is 5.95. The van der Waals surface area contributed by atoms with Gasteiger partial charge in [-0.15, -0.1) is 0 Å². The van der Waals surface area contributed by atoms with Crippen molar-refractivity contribution in [3.63, 3.8) is 0 Å². The van der Waals surface area contributed by atoms with E-state index >= 15 is 0 Å². The first kappa shape index (κ1) is 10.9. The molecular formula is C11H13N3OS. The zero-order valence-corrected chi connectivity index (χ0v) is 9.59. The Morgan fingerprint density at radius 1 is 1.44 bits per heavy atom. The molecular weight excluding hydrogens is 222 g/mol. The van der Waals surface area contributed by atoms with Gasteiger partial charge in [0, 0.05) is 13.0 Å². The van der Waals surface area contributed by atoms with Crippen molar-refractivity contribution in [1.82, 2.24) is 4.98 Å². The highest BCUT2D eigenvalue weighted by Gasteiger charge is 2.01. The van der Waals surface area contributed by atoms with Gasteiger partial charge in [-0.2, -0.15) is 0 Å². The van der Waals surface area contributed by atoms with Crippen molar-refractivity contribution in [3.05, 3.63) is 24.3 Å². The number of benzene rings is 1. The van der Waals surface area contributed by atoms with Crippen molar-refractivity contribution in [2.45, 2.75) is 12.8 Å². The molecule has 16 heavy (non-hydrogen) atoms. The van der Waals surface area contributed by atoms with Gasteiger partial charge in [0.25, 0.3) is 0 Å². The van der Waals surface area contributed by atoms with E-state index in [9.17, 15) is 4.79 Å². The number of amides is 1. The van der Waals surface area contributed by atoms with E-state index in [4.69, 9.17) is 5.73 Å². The molecule has 1 aromatic heterocycles. The third kappa shape index (κ3) is 2.70. The summed E-state index contributed by atoms with van der Waals surface area (Å²) >= 11 is 1.62. The number of carbonyl (C=O) groups is 1. The fourth-order valence-corrected chi connectivity index (χ4v) is 2.30. The zero-order chi connectivity index (χ0) is 11.4. The summed E-state index contributed by atoms with van der Waals surface area (Å²) in [5.74, 6) is -0.258. The first-order valence-electron chi connectivity index (χ1n) is 5.13. The van der Waals surface area contributed by atoms with Crippen LogP contribution in [0.1, 0.15) is 12.8 Å². The molecule has 4 nitrogen and oxygen atoms in total. The molecule has 1 heterocycles. The normalized spacial score (nSPS) is 10.5. The number of hydrogen-bond donors (Lipinski definition) is 2. The third-order valence-electron chi connectivity index (χ3n) is 2.17. The van der Waals surface area contributed by atoms with Crippen LogP contribution in [-0.4, -0.2) is 17.4 Å². The van der Waals surface area contributed by atoms with E-state index in [1.54, 1.807) is 11.3 Å². The number of carbonyl (C=O) groups excluding carboxylic acids is 1. The molecule has 0 saturated carbocycles. The van der Waals surface area contributed by atoms with Crippen LogP contribution in [0.5, 0.6) is 0 Å². The lowest BCUT2D eigenvalue weighted by atomic mass is 10.3. The number of para-hydroxylation sites is 1. The fraction of sp³-hybridized carbons (Fsp3) is 0.273. The van der Waals surface area contributed by atoms with Crippen LogP contribution in [0.25, 0.3) is 10.2 Å². The number of aromatic nitrogens is 1. The Balaban J connectivity index is 1.92. The Labute approximate surface area is 97.5 Å². The van der Waals surface area contributed by atoms with Crippen LogP contribution < -0.4 is 11.1 Å². The van der Waals surface area contributed by atoms with E-state index in [0.29, 0.717) is 6.42 Å². The topological polar surface area (TPSA) is 68.0 Å². The molecule has 84 valence electrons. The molecule has 0 aliphatic carbocycles. The number of nitrogens with zero attached hydrogens (tertiary/aromatic N) is 1. The second kappa shape index (κ2) is 4.94. The lowest BCUT2D eigenvalue weighted by Crippen LogP contribution is -2.12. The monoisotopic (exact) mass is 235 g/mol. The molecule has 0 atom stereocenters. The Hall–Kier alpha value is -1.62.